The smallest absolute Gasteiger partial charge is 0.410 e. The number of hydrogen-bond donors (Lipinski definition) is 2. The number of ether oxygens (including phenoxy) is 1. The van der Waals surface area contributed by atoms with Crippen LogP contribution in [0.5, 0.6) is 0 Å². The van der Waals surface area contributed by atoms with E-state index in [0.717, 1.165) is 62.6 Å². The van der Waals surface area contributed by atoms with Crippen molar-refractivity contribution in [2.24, 2.45) is 5.92 Å². The topological polar surface area (TPSA) is 132 Å². The highest BCUT2D eigenvalue weighted by Gasteiger charge is 2.45. The van der Waals surface area contributed by atoms with Crippen LogP contribution in [-0.4, -0.2) is 114 Å². The normalized spacial score (nSPS) is 21.1. The zero-order valence-corrected chi connectivity index (χ0v) is 26.8. The number of unbranched alkanes of at least 4 members (excludes halogenated alkanes) is 1. The average molecular weight is 645 g/mol. The molecular formula is C35H44N6O6. The summed E-state index contributed by atoms with van der Waals surface area (Å²) in [6.45, 7) is 8.41. The molecule has 1 unspecified atom stereocenters. The number of fused-ring (bicyclic) bond motifs is 1. The molecule has 250 valence electrons. The Kier molecular flexibility index (Phi) is 10.5. The number of benzene rings is 2. The first-order valence-electron chi connectivity index (χ1n) is 16.9. The molecule has 1 atom stereocenters. The van der Waals surface area contributed by atoms with E-state index in [-0.39, 0.29) is 30.4 Å². The molecule has 0 aliphatic carbocycles. The molecule has 0 spiro atoms. The number of hydrogen-bond acceptors (Lipinski definition) is 9. The second-order valence-electron chi connectivity index (χ2n) is 12.9. The van der Waals surface area contributed by atoms with Gasteiger partial charge in [-0.25, -0.2) is 4.79 Å². The maximum atomic E-state index is 13.3. The summed E-state index contributed by atoms with van der Waals surface area (Å²) in [6.07, 6.45) is 4.29. The van der Waals surface area contributed by atoms with Crippen LogP contribution >= 0.6 is 0 Å². The molecule has 5 amide bonds. The summed E-state index contributed by atoms with van der Waals surface area (Å²) in [5.41, 5.74) is 2.18. The summed E-state index contributed by atoms with van der Waals surface area (Å²) >= 11 is 0. The Hall–Kier alpha value is -4.29. The van der Waals surface area contributed by atoms with Crippen LogP contribution in [0.3, 0.4) is 0 Å². The summed E-state index contributed by atoms with van der Waals surface area (Å²) < 4.78 is 5.50. The summed E-state index contributed by atoms with van der Waals surface area (Å²) in [7, 11) is 0. The molecule has 2 N–H and O–H groups in total. The number of likely N-dealkylation sites (tertiary alicyclic amines) is 1. The van der Waals surface area contributed by atoms with Crippen molar-refractivity contribution < 1.29 is 28.7 Å². The Balaban J connectivity index is 0.863. The van der Waals surface area contributed by atoms with E-state index in [1.807, 2.05) is 35.2 Å². The predicted octanol–water partition coefficient (Wildman–Crippen LogP) is 2.95. The molecule has 2 aromatic carbocycles. The van der Waals surface area contributed by atoms with Crippen molar-refractivity contribution in [1.29, 1.82) is 0 Å². The maximum absolute atomic E-state index is 13.3. The molecule has 6 rings (SSSR count). The number of nitrogens with one attached hydrogen (secondary N) is 2. The molecular weight excluding hydrogens is 600 g/mol. The summed E-state index contributed by atoms with van der Waals surface area (Å²) in [6, 6.07) is 13.9. The van der Waals surface area contributed by atoms with E-state index in [1.165, 1.54) is 12.8 Å². The van der Waals surface area contributed by atoms with Crippen molar-refractivity contribution >= 4 is 35.4 Å². The Morgan fingerprint density at radius 1 is 0.830 bits per heavy atom. The van der Waals surface area contributed by atoms with Crippen LogP contribution in [0, 0.1) is 5.92 Å². The van der Waals surface area contributed by atoms with Crippen LogP contribution < -0.4 is 10.6 Å². The average Bonchev–Trinajstić information content (AvgIpc) is 3.34. The van der Waals surface area contributed by atoms with Crippen molar-refractivity contribution in [2.45, 2.75) is 51.2 Å². The number of carbonyl (C=O) groups is 5. The second kappa shape index (κ2) is 15.1. The minimum Gasteiger partial charge on any atom is -0.445 e. The van der Waals surface area contributed by atoms with Gasteiger partial charge in [-0.1, -0.05) is 36.4 Å². The van der Waals surface area contributed by atoms with Crippen LogP contribution in [-0.2, 0) is 20.9 Å². The fraction of sp³-hybridized carbons (Fsp3) is 0.514. The molecule has 0 saturated carbocycles. The molecule has 4 heterocycles. The lowest BCUT2D eigenvalue weighted by Crippen LogP contribution is -2.54. The van der Waals surface area contributed by atoms with Crippen LogP contribution in [0.25, 0.3) is 0 Å². The van der Waals surface area contributed by atoms with E-state index in [1.54, 1.807) is 18.2 Å². The summed E-state index contributed by atoms with van der Waals surface area (Å²) in [4.78, 5) is 70.6. The number of amides is 5. The van der Waals surface area contributed by atoms with Gasteiger partial charge in [0.05, 0.1) is 11.1 Å². The number of piperazine rings is 1. The largest absolute Gasteiger partial charge is 0.445 e. The van der Waals surface area contributed by atoms with Gasteiger partial charge in [0.2, 0.25) is 11.8 Å². The van der Waals surface area contributed by atoms with Gasteiger partial charge in [0.25, 0.3) is 11.8 Å². The van der Waals surface area contributed by atoms with Gasteiger partial charge in [-0.05, 0) is 75.4 Å². The number of anilines is 1. The van der Waals surface area contributed by atoms with Gasteiger partial charge in [-0.2, -0.15) is 0 Å². The molecule has 47 heavy (non-hydrogen) atoms. The van der Waals surface area contributed by atoms with Gasteiger partial charge in [0.1, 0.15) is 12.6 Å². The highest BCUT2D eigenvalue weighted by Crippen LogP contribution is 2.32. The minimum absolute atomic E-state index is 0.0967. The molecule has 3 fully saturated rings. The van der Waals surface area contributed by atoms with Crippen molar-refractivity contribution in [3.05, 3.63) is 65.2 Å². The molecule has 0 aromatic heterocycles. The lowest BCUT2D eigenvalue weighted by molar-refractivity contribution is -0.136. The Morgan fingerprint density at radius 3 is 2.34 bits per heavy atom. The molecule has 3 saturated heterocycles. The third kappa shape index (κ3) is 7.82. The lowest BCUT2D eigenvalue weighted by Gasteiger charge is -2.38. The van der Waals surface area contributed by atoms with Crippen molar-refractivity contribution in [3.63, 3.8) is 0 Å². The van der Waals surface area contributed by atoms with Gasteiger partial charge in [-0.3, -0.25) is 34.3 Å². The highest BCUT2D eigenvalue weighted by atomic mass is 16.6. The van der Waals surface area contributed by atoms with E-state index in [4.69, 9.17) is 4.74 Å². The molecule has 12 nitrogen and oxygen atoms in total. The summed E-state index contributed by atoms with van der Waals surface area (Å²) in [5.74, 6) is -1.31. The first kappa shape index (κ1) is 32.6. The standard InChI is InChI=1S/C35H44N6O6/c42-30-12-11-29(32(43)37-30)41-33(44)27-9-6-10-28(31(27)34(41)45)36-15-4-5-16-38-17-13-25(14-18-38)23-39-19-21-40(22-20-39)35(46)47-24-26-7-2-1-3-8-26/h1-3,6-10,25,29,36H,4-5,11-24H2,(H,37,42,43). The molecule has 12 heteroatoms. The Labute approximate surface area is 275 Å². The molecule has 2 aromatic rings. The Morgan fingerprint density at radius 2 is 1.60 bits per heavy atom. The highest BCUT2D eigenvalue weighted by molar-refractivity contribution is 6.25. The number of imide groups is 2. The number of carbonyl (C=O) groups excluding carboxylic acids is 5. The fourth-order valence-electron chi connectivity index (χ4n) is 7.03. The SMILES string of the molecule is O=C1CCC(N2C(=O)c3cccc(NCCCCN4CCC(CN5CCN(C(=O)OCc6ccccc6)CC5)CC4)c3C2=O)C(=O)N1. The minimum atomic E-state index is -0.969. The zero-order chi connectivity index (χ0) is 32.8. The van der Waals surface area contributed by atoms with Crippen molar-refractivity contribution in [1.82, 2.24) is 24.9 Å². The molecule has 4 aliphatic rings. The van der Waals surface area contributed by atoms with Crippen molar-refractivity contribution in [2.75, 3.05) is 64.2 Å². The van der Waals surface area contributed by atoms with Crippen LogP contribution in [0.15, 0.2) is 48.5 Å². The van der Waals surface area contributed by atoms with Gasteiger partial charge in [-0.15, -0.1) is 0 Å². The van der Waals surface area contributed by atoms with Gasteiger partial charge >= 0.3 is 6.09 Å². The number of nitrogens with zero attached hydrogens (tertiary/aromatic N) is 4. The van der Waals surface area contributed by atoms with Crippen molar-refractivity contribution in [3.8, 4) is 0 Å². The van der Waals surface area contributed by atoms with Gasteiger partial charge < -0.3 is 19.9 Å². The van der Waals surface area contributed by atoms with Gasteiger partial charge in [0.15, 0.2) is 0 Å². The van der Waals surface area contributed by atoms with E-state index in [0.29, 0.717) is 43.4 Å². The second-order valence-corrected chi connectivity index (χ2v) is 12.9. The third-order valence-electron chi connectivity index (χ3n) is 9.74. The van der Waals surface area contributed by atoms with E-state index >= 15 is 0 Å². The third-order valence-corrected chi connectivity index (χ3v) is 9.74. The predicted molar refractivity (Wildman–Crippen MR) is 175 cm³/mol. The fourth-order valence-corrected chi connectivity index (χ4v) is 7.03. The van der Waals surface area contributed by atoms with E-state index in [2.05, 4.69) is 20.4 Å². The first-order chi connectivity index (χ1) is 22.9. The zero-order valence-electron chi connectivity index (χ0n) is 26.8. The molecule has 4 aliphatic heterocycles. The van der Waals surface area contributed by atoms with Crippen LogP contribution in [0.4, 0.5) is 10.5 Å². The van der Waals surface area contributed by atoms with Crippen LogP contribution in [0.2, 0.25) is 0 Å². The van der Waals surface area contributed by atoms with E-state index < -0.39 is 23.8 Å². The monoisotopic (exact) mass is 644 g/mol. The number of rotatable bonds is 11. The first-order valence-corrected chi connectivity index (χ1v) is 16.9. The molecule has 0 bridgehead atoms. The van der Waals surface area contributed by atoms with Crippen LogP contribution in [0.1, 0.15) is 64.8 Å². The quantitative estimate of drug-likeness (QED) is 0.280. The van der Waals surface area contributed by atoms with E-state index in [9.17, 15) is 24.0 Å². The lowest BCUT2D eigenvalue weighted by atomic mass is 9.95. The van der Waals surface area contributed by atoms with Gasteiger partial charge in [0, 0.05) is 51.4 Å². The Bertz CT molecular complexity index is 1470. The number of piperidine rings is 2. The summed E-state index contributed by atoms with van der Waals surface area (Å²) in [5, 5.41) is 5.58. The maximum Gasteiger partial charge on any atom is 0.410 e. The molecule has 0 radical (unpaired) electrons.